The Kier molecular flexibility index (Phi) is 3.95. The van der Waals surface area contributed by atoms with Crippen molar-refractivity contribution in [3.8, 4) is 0 Å². The maximum absolute atomic E-state index is 12.2. The second-order valence-electron chi connectivity index (χ2n) is 4.13. The molecule has 1 unspecified atom stereocenters. The van der Waals surface area contributed by atoms with E-state index in [1.807, 2.05) is 6.92 Å². The van der Waals surface area contributed by atoms with Crippen LogP contribution in [0.5, 0.6) is 0 Å². The van der Waals surface area contributed by atoms with Crippen molar-refractivity contribution in [2.24, 2.45) is 5.73 Å². The topological polar surface area (TPSA) is 96.7 Å². The maximum atomic E-state index is 12.2. The van der Waals surface area contributed by atoms with E-state index < -0.39 is 29.4 Å². The zero-order chi connectivity index (χ0) is 14.0. The Hall–Kier alpha value is -1.64. The van der Waals surface area contributed by atoms with Gasteiger partial charge < -0.3 is 5.73 Å². The lowest BCUT2D eigenvalue weighted by molar-refractivity contribution is -0.144. The van der Waals surface area contributed by atoms with E-state index in [0.717, 1.165) is 0 Å². The van der Waals surface area contributed by atoms with Gasteiger partial charge in [0.2, 0.25) is 17.7 Å². The predicted octanol–water partition coefficient (Wildman–Crippen LogP) is 1.28. The number of halogens is 3. The van der Waals surface area contributed by atoms with E-state index in [0.29, 0.717) is 12.8 Å². The number of amides is 1. The molecule has 4 N–H and O–H groups in total. The highest BCUT2D eigenvalue weighted by molar-refractivity contribution is 5.96. The molecule has 9 heteroatoms. The van der Waals surface area contributed by atoms with Crippen molar-refractivity contribution in [3.63, 3.8) is 0 Å². The Labute approximate surface area is 101 Å². The molecule has 0 bridgehead atoms. The van der Waals surface area contributed by atoms with Crippen LogP contribution in [0.15, 0.2) is 0 Å². The van der Waals surface area contributed by atoms with Crippen LogP contribution in [0.4, 0.5) is 19.1 Å². The fraction of sp³-hybridized carbons (Fsp3) is 0.667. The molecule has 1 aromatic heterocycles. The van der Waals surface area contributed by atoms with Gasteiger partial charge in [0.25, 0.3) is 0 Å². The normalized spacial score (nSPS) is 15.2. The summed E-state index contributed by atoms with van der Waals surface area (Å²) in [6, 6.07) is 0. The first-order chi connectivity index (χ1) is 8.16. The van der Waals surface area contributed by atoms with Crippen LogP contribution in [-0.4, -0.2) is 26.6 Å². The number of hydrogen-bond acceptors (Lipinski definition) is 4. The Bertz CT molecular complexity index is 426. The van der Waals surface area contributed by atoms with Crippen molar-refractivity contribution in [2.45, 2.75) is 38.4 Å². The Morgan fingerprint density at radius 1 is 1.50 bits per heavy atom. The number of aromatic nitrogens is 3. The summed E-state index contributed by atoms with van der Waals surface area (Å²) in [5.41, 5.74) is 4.54. The van der Waals surface area contributed by atoms with Gasteiger partial charge in [-0.05, 0) is 13.3 Å². The lowest BCUT2D eigenvalue weighted by Gasteiger charge is -2.21. The van der Waals surface area contributed by atoms with Crippen LogP contribution in [0.2, 0.25) is 0 Å². The molecule has 0 radical (unpaired) electrons. The number of anilines is 1. The van der Waals surface area contributed by atoms with E-state index in [2.05, 4.69) is 15.4 Å². The van der Waals surface area contributed by atoms with Crippen LogP contribution in [0, 0.1) is 0 Å². The van der Waals surface area contributed by atoms with E-state index in [4.69, 9.17) is 5.73 Å². The van der Waals surface area contributed by atoms with Crippen LogP contribution in [-0.2, 0) is 11.0 Å². The maximum Gasteiger partial charge on any atom is 0.451 e. The third-order valence-corrected chi connectivity index (χ3v) is 2.27. The van der Waals surface area contributed by atoms with Crippen molar-refractivity contribution >= 4 is 11.9 Å². The third-order valence-electron chi connectivity index (χ3n) is 2.27. The number of aromatic amines is 1. The molecule has 0 aliphatic carbocycles. The number of rotatable bonds is 4. The molecule has 0 saturated heterocycles. The Morgan fingerprint density at radius 3 is 2.56 bits per heavy atom. The first kappa shape index (κ1) is 14.4. The lowest BCUT2D eigenvalue weighted by atomic mass is 9.97. The zero-order valence-corrected chi connectivity index (χ0v) is 9.93. The van der Waals surface area contributed by atoms with Gasteiger partial charge in [-0.2, -0.15) is 18.2 Å². The highest BCUT2D eigenvalue weighted by Crippen LogP contribution is 2.26. The molecule has 1 aromatic rings. The van der Waals surface area contributed by atoms with Gasteiger partial charge in [0.05, 0.1) is 5.54 Å². The fourth-order valence-corrected chi connectivity index (χ4v) is 1.32. The Morgan fingerprint density at radius 2 is 2.11 bits per heavy atom. The molecule has 1 heterocycles. The van der Waals surface area contributed by atoms with Crippen molar-refractivity contribution in [2.75, 3.05) is 5.32 Å². The van der Waals surface area contributed by atoms with Gasteiger partial charge in [-0.1, -0.05) is 13.3 Å². The van der Waals surface area contributed by atoms with E-state index in [9.17, 15) is 18.0 Å². The molecule has 102 valence electrons. The minimum Gasteiger partial charge on any atom is -0.318 e. The highest BCUT2D eigenvalue weighted by atomic mass is 19.4. The van der Waals surface area contributed by atoms with Gasteiger partial charge in [0.1, 0.15) is 0 Å². The number of nitrogens with zero attached hydrogens (tertiary/aromatic N) is 2. The molecule has 1 amide bonds. The SMILES string of the molecule is CCCC(C)(N)C(=O)Nc1n[nH]c(C(F)(F)F)n1. The minimum atomic E-state index is -4.63. The molecule has 1 atom stereocenters. The molecule has 1 rings (SSSR count). The second kappa shape index (κ2) is 4.92. The lowest BCUT2D eigenvalue weighted by Crippen LogP contribution is -2.48. The average Bonchev–Trinajstić information content (AvgIpc) is 2.65. The number of H-pyrrole nitrogens is 1. The molecule has 18 heavy (non-hydrogen) atoms. The van der Waals surface area contributed by atoms with Crippen LogP contribution >= 0.6 is 0 Å². The number of hydrogen-bond donors (Lipinski definition) is 3. The van der Waals surface area contributed by atoms with Crippen molar-refractivity contribution in [1.82, 2.24) is 15.2 Å². The van der Waals surface area contributed by atoms with E-state index in [1.54, 1.807) is 5.10 Å². The second-order valence-corrected chi connectivity index (χ2v) is 4.13. The molecule has 6 nitrogen and oxygen atoms in total. The molecule has 0 aromatic carbocycles. The van der Waals surface area contributed by atoms with Crippen molar-refractivity contribution in [3.05, 3.63) is 5.82 Å². The van der Waals surface area contributed by atoms with Crippen LogP contribution in [0.25, 0.3) is 0 Å². The summed E-state index contributed by atoms with van der Waals surface area (Å²) in [5, 5.41) is 7.09. The van der Waals surface area contributed by atoms with Gasteiger partial charge in [-0.25, -0.2) is 0 Å². The van der Waals surface area contributed by atoms with Crippen molar-refractivity contribution < 1.29 is 18.0 Å². The summed E-state index contributed by atoms with van der Waals surface area (Å²) in [7, 11) is 0. The summed E-state index contributed by atoms with van der Waals surface area (Å²) in [5.74, 6) is -2.34. The van der Waals surface area contributed by atoms with Crippen LogP contribution in [0.1, 0.15) is 32.5 Å². The van der Waals surface area contributed by atoms with Crippen molar-refractivity contribution in [1.29, 1.82) is 0 Å². The zero-order valence-electron chi connectivity index (χ0n) is 9.93. The summed E-state index contributed by atoms with van der Waals surface area (Å²) < 4.78 is 36.7. The van der Waals surface area contributed by atoms with Crippen LogP contribution < -0.4 is 11.1 Å². The van der Waals surface area contributed by atoms with Gasteiger partial charge in [-0.3, -0.25) is 15.2 Å². The highest BCUT2D eigenvalue weighted by Gasteiger charge is 2.36. The van der Waals surface area contributed by atoms with E-state index >= 15 is 0 Å². The smallest absolute Gasteiger partial charge is 0.318 e. The van der Waals surface area contributed by atoms with Crippen LogP contribution in [0.3, 0.4) is 0 Å². The van der Waals surface area contributed by atoms with E-state index in [-0.39, 0.29) is 0 Å². The quantitative estimate of drug-likeness (QED) is 0.764. The predicted molar refractivity (Wildman–Crippen MR) is 57.5 cm³/mol. The van der Waals surface area contributed by atoms with Gasteiger partial charge in [0.15, 0.2) is 0 Å². The molecular weight excluding hydrogens is 251 g/mol. The standard InChI is InChI=1S/C9H14F3N5O/c1-3-4-8(2,13)6(18)15-7-14-5(16-17-7)9(10,11)12/h3-4,13H2,1-2H3,(H2,14,15,16,17,18). The summed E-state index contributed by atoms with van der Waals surface area (Å²) >= 11 is 0. The fourth-order valence-electron chi connectivity index (χ4n) is 1.32. The number of alkyl halides is 3. The molecular formula is C9H14F3N5O. The molecule has 0 fully saturated rings. The first-order valence-electron chi connectivity index (χ1n) is 5.26. The van der Waals surface area contributed by atoms with Gasteiger partial charge in [-0.15, -0.1) is 5.10 Å². The molecule has 0 saturated carbocycles. The molecule has 0 aliphatic rings. The summed E-state index contributed by atoms with van der Waals surface area (Å²) in [4.78, 5) is 14.8. The summed E-state index contributed by atoms with van der Waals surface area (Å²) in [6.45, 7) is 3.33. The molecule has 0 aliphatic heterocycles. The monoisotopic (exact) mass is 265 g/mol. The van der Waals surface area contributed by atoms with Gasteiger partial charge in [0, 0.05) is 0 Å². The van der Waals surface area contributed by atoms with E-state index in [1.165, 1.54) is 6.92 Å². The number of carbonyl (C=O) groups excluding carboxylic acids is 1. The Balaban J connectivity index is 2.74. The average molecular weight is 265 g/mol. The minimum absolute atomic E-state index is 0.398. The number of carbonyl (C=O) groups is 1. The number of nitrogens with one attached hydrogen (secondary N) is 2. The molecule has 0 spiro atoms. The summed E-state index contributed by atoms with van der Waals surface area (Å²) in [6.07, 6.45) is -3.57. The third kappa shape index (κ3) is 3.42. The largest absolute Gasteiger partial charge is 0.451 e. The van der Waals surface area contributed by atoms with Gasteiger partial charge >= 0.3 is 6.18 Å². The number of nitrogens with two attached hydrogens (primary N) is 1. The first-order valence-corrected chi connectivity index (χ1v) is 5.26.